The average molecular weight is 296 g/mol. The number of hydrogen-bond donors (Lipinski definition) is 1. The second-order valence-electron chi connectivity index (χ2n) is 5.02. The smallest absolute Gasteiger partial charge is 0.159 e. The third-order valence-electron chi connectivity index (χ3n) is 3.45. The molecular formula is C16H16ClF2N. The Hall–Kier alpha value is -1.45. The van der Waals surface area contributed by atoms with Crippen LogP contribution in [-0.4, -0.2) is 0 Å². The molecule has 2 rings (SSSR count). The molecule has 0 heterocycles. The molecule has 0 aliphatic rings. The van der Waals surface area contributed by atoms with Crippen molar-refractivity contribution < 1.29 is 8.78 Å². The van der Waals surface area contributed by atoms with E-state index >= 15 is 0 Å². The largest absolute Gasteiger partial charge is 0.324 e. The Labute approximate surface area is 122 Å². The normalized spacial score (nSPS) is 12.5. The van der Waals surface area contributed by atoms with E-state index in [1.165, 1.54) is 12.1 Å². The van der Waals surface area contributed by atoms with Crippen LogP contribution in [0.3, 0.4) is 0 Å². The molecule has 1 atom stereocenters. The maximum absolute atomic E-state index is 13.2. The Balaban J connectivity index is 2.25. The van der Waals surface area contributed by atoms with Crippen molar-refractivity contribution >= 4 is 11.6 Å². The van der Waals surface area contributed by atoms with Crippen molar-refractivity contribution in [2.24, 2.45) is 5.73 Å². The van der Waals surface area contributed by atoms with Crippen molar-refractivity contribution in [2.45, 2.75) is 26.3 Å². The van der Waals surface area contributed by atoms with Gasteiger partial charge in [-0.1, -0.05) is 23.7 Å². The molecule has 1 nitrogen and oxygen atoms in total. The Morgan fingerprint density at radius 1 is 1.05 bits per heavy atom. The lowest BCUT2D eigenvalue weighted by atomic mass is 9.96. The molecule has 0 amide bonds. The van der Waals surface area contributed by atoms with Crippen LogP contribution < -0.4 is 5.73 Å². The van der Waals surface area contributed by atoms with Gasteiger partial charge in [0.15, 0.2) is 11.6 Å². The third kappa shape index (κ3) is 3.17. The minimum atomic E-state index is -0.860. The van der Waals surface area contributed by atoms with Crippen LogP contribution in [0.5, 0.6) is 0 Å². The van der Waals surface area contributed by atoms with Crippen LogP contribution in [0.1, 0.15) is 28.3 Å². The van der Waals surface area contributed by atoms with Gasteiger partial charge in [0, 0.05) is 11.1 Å². The highest BCUT2D eigenvalue weighted by atomic mass is 35.5. The molecule has 4 heteroatoms. The van der Waals surface area contributed by atoms with Gasteiger partial charge in [-0.3, -0.25) is 0 Å². The number of nitrogens with two attached hydrogens (primary N) is 1. The van der Waals surface area contributed by atoms with E-state index < -0.39 is 11.6 Å². The molecule has 106 valence electrons. The number of rotatable bonds is 3. The van der Waals surface area contributed by atoms with E-state index in [0.29, 0.717) is 17.0 Å². The van der Waals surface area contributed by atoms with E-state index in [1.54, 1.807) is 0 Å². The van der Waals surface area contributed by atoms with Crippen LogP contribution in [-0.2, 0) is 6.42 Å². The van der Waals surface area contributed by atoms with Crippen molar-refractivity contribution in [1.82, 2.24) is 0 Å². The van der Waals surface area contributed by atoms with Crippen molar-refractivity contribution in [3.8, 4) is 0 Å². The molecule has 0 spiro atoms. The minimum absolute atomic E-state index is 0.355. The first-order valence-corrected chi connectivity index (χ1v) is 6.72. The standard InChI is InChI=1S/C16H16ClF2N/c1-9-5-12(13(17)6-10(9)2)16(20)8-11-3-4-14(18)15(19)7-11/h3-7,16H,8,20H2,1-2H3. The summed E-state index contributed by atoms with van der Waals surface area (Å²) in [5.41, 5.74) is 9.80. The predicted octanol–water partition coefficient (Wildman–Crippen LogP) is 4.48. The molecule has 0 saturated heterocycles. The topological polar surface area (TPSA) is 26.0 Å². The summed E-state index contributed by atoms with van der Waals surface area (Å²) in [5.74, 6) is -1.72. The van der Waals surface area contributed by atoms with Crippen molar-refractivity contribution in [3.05, 3.63) is 69.2 Å². The van der Waals surface area contributed by atoms with Gasteiger partial charge in [0.1, 0.15) is 0 Å². The molecule has 2 aromatic carbocycles. The summed E-state index contributed by atoms with van der Waals surface area (Å²) >= 11 is 6.21. The Kier molecular flexibility index (Phi) is 4.41. The zero-order valence-electron chi connectivity index (χ0n) is 11.4. The lowest BCUT2D eigenvalue weighted by Gasteiger charge is -2.16. The van der Waals surface area contributed by atoms with Gasteiger partial charge in [0.25, 0.3) is 0 Å². The monoisotopic (exact) mass is 295 g/mol. The zero-order chi connectivity index (χ0) is 14.9. The second-order valence-corrected chi connectivity index (χ2v) is 5.42. The molecule has 0 aromatic heterocycles. The first-order valence-electron chi connectivity index (χ1n) is 6.34. The lowest BCUT2D eigenvalue weighted by Crippen LogP contribution is -2.14. The first kappa shape index (κ1) is 14.9. The van der Waals surface area contributed by atoms with Crippen molar-refractivity contribution in [2.75, 3.05) is 0 Å². The van der Waals surface area contributed by atoms with Crippen molar-refractivity contribution in [3.63, 3.8) is 0 Å². The molecule has 2 aromatic rings. The van der Waals surface area contributed by atoms with Crippen LogP contribution in [0.2, 0.25) is 5.02 Å². The molecule has 0 radical (unpaired) electrons. The van der Waals surface area contributed by atoms with E-state index in [9.17, 15) is 8.78 Å². The summed E-state index contributed by atoms with van der Waals surface area (Å²) < 4.78 is 26.1. The van der Waals surface area contributed by atoms with Crippen LogP contribution in [0.4, 0.5) is 8.78 Å². The molecule has 0 aliphatic carbocycles. The highest BCUT2D eigenvalue weighted by Gasteiger charge is 2.13. The summed E-state index contributed by atoms with van der Waals surface area (Å²) in [5, 5.41) is 0.600. The van der Waals surface area contributed by atoms with E-state index in [1.807, 2.05) is 26.0 Å². The fourth-order valence-electron chi connectivity index (χ4n) is 2.12. The Morgan fingerprint density at radius 3 is 2.35 bits per heavy atom. The Bertz CT molecular complexity index is 641. The molecular weight excluding hydrogens is 280 g/mol. The summed E-state index contributed by atoms with van der Waals surface area (Å²) in [6, 6.07) is 7.28. The van der Waals surface area contributed by atoms with E-state index in [0.717, 1.165) is 22.8 Å². The highest BCUT2D eigenvalue weighted by Crippen LogP contribution is 2.27. The first-order chi connectivity index (χ1) is 9.38. The van der Waals surface area contributed by atoms with Gasteiger partial charge in [0.2, 0.25) is 0 Å². The van der Waals surface area contributed by atoms with Crippen molar-refractivity contribution in [1.29, 1.82) is 0 Å². The minimum Gasteiger partial charge on any atom is -0.324 e. The summed E-state index contributed by atoms with van der Waals surface area (Å²) in [4.78, 5) is 0. The number of hydrogen-bond acceptors (Lipinski definition) is 1. The van der Waals surface area contributed by atoms with Crippen LogP contribution in [0.25, 0.3) is 0 Å². The van der Waals surface area contributed by atoms with E-state index in [2.05, 4.69) is 0 Å². The number of halogens is 3. The molecule has 0 fully saturated rings. The number of benzene rings is 2. The predicted molar refractivity (Wildman–Crippen MR) is 77.9 cm³/mol. The SMILES string of the molecule is Cc1cc(Cl)c(C(N)Cc2ccc(F)c(F)c2)cc1C. The van der Waals surface area contributed by atoms with Gasteiger partial charge < -0.3 is 5.73 Å². The molecule has 1 unspecified atom stereocenters. The third-order valence-corrected chi connectivity index (χ3v) is 3.78. The Morgan fingerprint density at radius 2 is 1.70 bits per heavy atom. The van der Waals surface area contributed by atoms with E-state index in [-0.39, 0.29) is 6.04 Å². The maximum atomic E-state index is 13.2. The molecule has 20 heavy (non-hydrogen) atoms. The molecule has 0 saturated carbocycles. The zero-order valence-corrected chi connectivity index (χ0v) is 12.1. The summed E-state index contributed by atoms with van der Waals surface area (Å²) in [7, 11) is 0. The summed E-state index contributed by atoms with van der Waals surface area (Å²) in [6.07, 6.45) is 0.402. The van der Waals surface area contributed by atoms with Gasteiger partial charge in [-0.25, -0.2) is 8.78 Å². The van der Waals surface area contributed by atoms with Gasteiger partial charge >= 0.3 is 0 Å². The lowest BCUT2D eigenvalue weighted by molar-refractivity contribution is 0.506. The quantitative estimate of drug-likeness (QED) is 0.888. The van der Waals surface area contributed by atoms with E-state index in [4.69, 9.17) is 17.3 Å². The van der Waals surface area contributed by atoms with Crippen LogP contribution >= 0.6 is 11.6 Å². The van der Waals surface area contributed by atoms with Gasteiger partial charge in [-0.05, 0) is 60.7 Å². The van der Waals surface area contributed by atoms with Gasteiger partial charge in [-0.2, -0.15) is 0 Å². The maximum Gasteiger partial charge on any atom is 0.159 e. The molecule has 2 N–H and O–H groups in total. The second kappa shape index (κ2) is 5.90. The summed E-state index contributed by atoms with van der Waals surface area (Å²) in [6.45, 7) is 3.96. The average Bonchev–Trinajstić information content (AvgIpc) is 2.38. The van der Waals surface area contributed by atoms with Crippen LogP contribution in [0, 0.1) is 25.5 Å². The fraction of sp³-hybridized carbons (Fsp3) is 0.250. The molecule has 0 aliphatic heterocycles. The van der Waals surface area contributed by atoms with Gasteiger partial charge in [-0.15, -0.1) is 0 Å². The molecule has 0 bridgehead atoms. The number of aryl methyl sites for hydroxylation is 2. The van der Waals surface area contributed by atoms with Crippen LogP contribution in [0.15, 0.2) is 30.3 Å². The fourth-order valence-corrected chi connectivity index (χ4v) is 2.48. The highest BCUT2D eigenvalue weighted by molar-refractivity contribution is 6.31. The van der Waals surface area contributed by atoms with Gasteiger partial charge in [0.05, 0.1) is 0 Å².